The van der Waals surface area contributed by atoms with E-state index in [4.69, 9.17) is 0 Å². The molecule has 1 aliphatic carbocycles. The molecule has 1 atom stereocenters. The van der Waals surface area contributed by atoms with E-state index in [1.165, 1.54) is 37.7 Å². The second kappa shape index (κ2) is 12.2. The Labute approximate surface area is 144 Å². The zero-order chi connectivity index (χ0) is 16.9. The van der Waals surface area contributed by atoms with Crippen LogP contribution in [0.1, 0.15) is 65.2 Å². The summed E-state index contributed by atoms with van der Waals surface area (Å²) < 4.78 is 0. The number of hydrogen-bond donors (Lipinski definition) is 0. The minimum absolute atomic E-state index is 0.664. The molecule has 0 radical (unpaired) electrons. The van der Waals surface area contributed by atoms with Crippen molar-refractivity contribution < 1.29 is 0 Å². The first-order valence-electron chi connectivity index (χ1n) is 9.44. The largest absolute Gasteiger partial charge is 0.103 e. The van der Waals surface area contributed by atoms with Gasteiger partial charge in [-0.1, -0.05) is 75.8 Å². The van der Waals surface area contributed by atoms with Crippen molar-refractivity contribution in [2.24, 2.45) is 17.8 Å². The van der Waals surface area contributed by atoms with Crippen LogP contribution in [-0.4, -0.2) is 0 Å². The minimum atomic E-state index is 0.664. The Bertz CT molecular complexity index is 413. The van der Waals surface area contributed by atoms with Crippen molar-refractivity contribution in [2.45, 2.75) is 65.2 Å². The van der Waals surface area contributed by atoms with Gasteiger partial charge in [-0.3, -0.25) is 0 Å². The van der Waals surface area contributed by atoms with Gasteiger partial charge in [0.25, 0.3) is 0 Å². The van der Waals surface area contributed by atoms with E-state index in [1.807, 2.05) is 12.2 Å². The van der Waals surface area contributed by atoms with Crippen molar-refractivity contribution in [1.29, 1.82) is 0 Å². The Morgan fingerprint density at radius 2 is 1.74 bits per heavy atom. The highest BCUT2D eigenvalue weighted by Gasteiger charge is 2.19. The molecule has 0 saturated heterocycles. The molecule has 0 aromatic heterocycles. The molecule has 0 bridgehead atoms. The highest BCUT2D eigenvalue weighted by molar-refractivity contribution is 5.26. The van der Waals surface area contributed by atoms with Crippen LogP contribution in [0.25, 0.3) is 0 Å². The van der Waals surface area contributed by atoms with Gasteiger partial charge in [0.2, 0.25) is 0 Å². The maximum Gasteiger partial charge on any atom is -0.0162 e. The summed E-state index contributed by atoms with van der Waals surface area (Å²) in [6, 6.07) is 0. The number of rotatable bonds is 10. The molecule has 0 nitrogen and oxygen atoms in total. The van der Waals surface area contributed by atoms with Crippen LogP contribution in [0, 0.1) is 17.8 Å². The molecular formula is C23H36. The summed E-state index contributed by atoms with van der Waals surface area (Å²) in [6.07, 6.45) is 25.5. The van der Waals surface area contributed by atoms with Crippen LogP contribution in [-0.2, 0) is 0 Å². The lowest BCUT2D eigenvalue weighted by atomic mass is 9.79. The molecule has 1 saturated carbocycles. The van der Waals surface area contributed by atoms with Gasteiger partial charge >= 0.3 is 0 Å². The maximum absolute atomic E-state index is 3.88. The monoisotopic (exact) mass is 312 g/mol. The smallest absolute Gasteiger partial charge is 0.0162 e. The Morgan fingerprint density at radius 3 is 2.39 bits per heavy atom. The lowest BCUT2D eigenvalue weighted by Gasteiger charge is -2.27. The fourth-order valence-electron chi connectivity index (χ4n) is 3.27. The second-order valence-electron chi connectivity index (χ2n) is 7.11. The van der Waals surface area contributed by atoms with Crippen LogP contribution in [0.3, 0.4) is 0 Å². The van der Waals surface area contributed by atoms with Crippen LogP contribution in [0.5, 0.6) is 0 Å². The summed E-state index contributed by atoms with van der Waals surface area (Å²) in [5, 5.41) is 0. The van der Waals surface area contributed by atoms with E-state index >= 15 is 0 Å². The summed E-state index contributed by atoms with van der Waals surface area (Å²) in [6.45, 7) is 12.3. The Hall–Kier alpha value is -1.30. The third kappa shape index (κ3) is 8.79. The van der Waals surface area contributed by atoms with Crippen molar-refractivity contribution in [3.8, 4) is 0 Å². The highest BCUT2D eigenvalue weighted by atomic mass is 14.2. The van der Waals surface area contributed by atoms with Crippen LogP contribution in [0.15, 0.2) is 61.3 Å². The molecule has 1 fully saturated rings. The van der Waals surface area contributed by atoms with Gasteiger partial charge in [0.15, 0.2) is 0 Å². The molecule has 0 aromatic rings. The van der Waals surface area contributed by atoms with Crippen LogP contribution >= 0.6 is 0 Å². The van der Waals surface area contributed by atoms with E-state index in [-0.39, 0.29) is 0 Å². The molecule has 0 amide bonds. The van der Waals surface area contributed by atoms with Gasteiger partial charge in [-0.05, 0) is 61.9 Å². The predicted molar refractivity (Wildman–Crippen MR) is 106 cm³/mol. The quantitative estimate of drug-likeness (QED) is 0.224. The topological polar surface area (TPSA) is 0 Å². The van der Waals surface area contributed by atoms with Crippen LogP contribution in [0.2, 0.25) is 0 Å². The molecule has 23 heavy (non-hydrogen) atoms. The maximum atomic E-state index is 3.88. The first-order valence-corrected chi connectivity index (χ1v) is 9.44. The third-order valence-corrected chi connectivity index (χ3v) is 4.90. The normalized spacial score (nSPS) is 24.2. The van der Waals surface area contributed by atoms with Crippen molar-refractivity contribution in [1.82, 2.24) is 0 Å². The van der Waals surface area contributed by atoms with E-state index < -0.39 is 0 Å². The number of unbranched alkanes of at least 4 members (excludes halogenated alkanes) is 1. The van der Waals surface area contributed by atoms with E-state index in [0.29, 0.717) is 5.92 Å². The predicted octanol–water partition coefficient (Wildman–Crippen LogP) is 7.42. The van der Waals surface area contributed by atoms with Crippen LogP contribution in [0.4, 0.5) is 0 Å². The second-order valence-corrected chi connectivity index (χ2v) is 7.11. The minimum Gasteiger partial charge on any atom is -0.103 e. The lowest BCUT2D eigenvalue weighted by Crippen LogP contribution is -2.13. The van der Waals surface area contributed by atoms with Gasteiger partial charge in [0.05, 0.1) is 0 Å². The Balaban J connectivity index is 2.35. The average molecular weight is 313 g/mol. The van der Waals surface area contributed by atoms with Crippen molar-refractivity contribution >= 4 is 0 Å². The standard InChI is InChI=1S/C23H36/c1-5-7-13-20(3)14-10-8-9-11-15-22(12-6-2)23-18-16-21(4)17-19-23/h5-6,10-12,14-15,20-21,23H,1-2,7-9,13,16-19H2,3-4H3/b14-10-,15-11-,22-12+. The molecule has 1 unspecified atom stereocenters. The van der Waals surface area contributed by atoms with E-state index in [1.54, 1.807) is 0 Å². The van der Waals surface area contributed by atoms with Crippen LogP contribution < -0.4 is 0 Å². The van der Waals surface area contributed by atoms with Crippen molar-refractivity contribution in [3.63, 3.8) is 0 Å². The van der Waals surface area contributed by atoms with Crippen molar-refractivity contribution in [3.05, 3.63) is 61.3 Å². The van der Waals surface area contributed by atoms with Gasteiger partial charge in [0.1, 0.15) is 0 Å². The van der Waals surface area contributed by atoms with E-state index in [9.17, 15) is 0 Å². The van der Waals surface area contributed by atoms with Crippen molar-refractivity contribution in [2.75, 3.05) is 0 Å². The first-order chi connectivity index (χ1) is 11.2. The Morgan fingerprint density at radius 1 is 1.04 bits per heavy atom. The molecule has 1 aliphatic rings. The van der Waals surface area contributed by atoms with E-state index in [0.717, 1.165) is 31.1 Å². The zero-order valence-electron chi connectivity index (χ0n) is 15.3. The number of allylic oxidation sites excluding steroid dienone is 8. The summed E-state index contributed by atoms with van der Waals surface area (Å²) in [7, 11) is 0. The third-order valence-electron chi connectivity index (χ3n) is 4.90. The lowest BCUT2D eigenvalue weighted by molar-refractivity contribution is 0.323. The average Bonchev–Trinajstić information content (AvgIpc) is 2.56. The molecule has 0 heteroatoms. The van der Waals surface area contributed by atoms with Gasteiger partial charge in [0, 0.05) is 0 Å². The fourth-order valence-corrected chi connectivity index (χ4v) is 3.27. The highest BCUT2D eigenvalue weighted by Crippen LogP contribution is 2.33. The molecule has 1 rings (SSSR count). The molecular weight excluding hydrogens is 276 g/mol. The molecule has 0 N–H and O–H groups in total. The van der Waals surface area contributed by atoms with E-state index in [2.05, 4.69) is 57.4 Å². The summed E-state index contributed by atoms with van der Waals surface area (Å²) >= 11 is 0. The number of hydrogen-bond acceptors (Lipinski definition) is 0. The summed E-state index contributed by atoms with van der Waals surface area (Å²) in [4.78, 5) is 0. The molecule has 128 valence electrons. The summed E-state index contributed by atoms with van der Waals surface area (Å²) in [5.74, 6) is 2.32. The molecule has 0 aromatic carbocycles. The zero-order valence-corrected chi connectivity index (χ0v) is 15.3. The first kappa shape index (κ1) is 19.7. The molecule has 0 spiro atoms. The SMILES string of the molecule is C=C/C=C(\C=C/CC/C=C\C(C)CCC=C)C1CCC(C)CC1. The Kier molecular flexibility index (Phi) is 10.4. The fraction of sp³-hybridized carbons (Fsp3) is 0.565. The van der Waals surface area contributed by atoms with Gasteiger partial charge in [-0.15, -0.1) is 6.58 Å². The summed E-state index contributed by atoms with van der Waals surface area (Å²) in [5.41, 5.74) is 1.48. The van der Waals surface area contributed by atoms with Gasteiger partial charge in [-0.2, -0.15) is 0 Å². The molecule has 0 aliphatic heterocycles. The van der Waals surface area contributed by atoms with Gasteiger partial charge < -0.3 is 0 Å². The van der Waals surface area contributed by atoms with Gasteiger partial charge in [-0.25, -0.2) is 0 Å². The molecule has 0 heterocycles.